The molecular formula is C19H22OS. The van der Waals surface area contributed by atoms with Crippen LogP contribution < -0.4 is 4.74 Å². The molecule has 1 aliphatic rings. The van der Waals surface area contributed by atoms with Crippen LogP contribution in [0.15, 0.2) is 47.4 Å². The van der Waals surface area contributed by atoms with Gasteiger partial charge in [-0.2, -0.15) is 0 Å². The van der Waals surface area contributed by atoms with E-state index >= 15 is 0 Å². The summed E-state index contributed by atoms with van der Waals surface area (Å²) in [6.45, 7) is 7.33. The molecule has 2 aromatic carbocycles. The molecule has 0 fully saturated rings. The lowest BCUT2D eigenvalue weighted by Crippen LogP contribution is -2.11. The smallest absolute Gasteiger partial charge is 0.123 e. The van der Waals surface area contributed by atoms with Crippen molar-refractivity contribution >= 4 is 11.8 Å². The van der Waals surface area contributed by atoms with Crippen molar-refractivity contribution in [2.24, 2.45) is 0 Å². The number of ether oxygens (including phenoxy) is 1. The maximum Gasteiger partial charge on any atom is 0.123 e. The van der Waals surface area contributed by atoms with E-state index in [2.05, 4.69) is 63.2 Å². The fourth-order valence-electron chi connectivity index (χ4n) is 2.80. The Kier molecular flexibility index (Phi) is 4.25. The lowest BCUT2D eigenvalue weighted by Gasteiger charge is -2.17. The molecule has 1 nitrogen and oxygen atoms in total. The molecule has 1 atom stereocenters. The summed E-state index contributed by atoms with van der Waals surface area (Å²) in [5.74, 6) is 3.18. The molecule has 1 unspecified atom stereocenters. The van der Waals surface area contributed by atoms with Crippen LogP contribution in [0.2, 0.25) is 0 Å². The summed E-state index contributed by atoms with van der Waals surface area (Å²) in [6, 6.07) is 15.2. The summed E-state index contributed by atoms with van der Waals surface area (Å²) < 4.78 is 6.21. The van der Waals surface area contributed by atoms with Gasteiger partial charge in [0.2, 0.25) is 0 Å². The predicted octanol–water partition coefficient (Wildman–Crippen LogP) is 5.39. The first-order valence-corrected chi connectivity index (χ1v) is 8.59. The van der Waals surface area contributed by atoms with Crippen LogP contribution in [0.1, 0.15) is 42.4 Å². The summed E-state index contributed by atoms with van der Waals surface area (Å²) in [5, 5.41) is 0. The Balaban J connectivity index is 1.76. The van der Waals surface area contributed by atoms with Gasteiger partial charge in [-0.1, -0.05) is 44.2 Å². The summed E-state index contributed by atoms with van der Waals surface area (Å²) in [5.41, 5.74) is 4.01. The van der Waals surface area contributed by atoms with Crippen molar-refractivity contribution < 1.29 is 4.74 Å². The third-order valence-corrected chi connectivity index (χ3v) is 5.28. The number of rotatable bonds is 4. The fraction of sp³-hybridized carbons (Fsp3) is 0.368. The Hall–Kier alpha value is -1.41. The largest absolute Gasteiger partial charge is 0.493 e. The number of benzene rings is 2. The van der Waals surface area contributed by atoms with Crippen molar-refractivity contribution in [3.8, 4) is 5.75 Å². The number of hydrogen-bond donors (Lipinski definition) is 0. The predicted molar refractivity (Wildman–Crippen MR) is 90.7 cm³/mol. The van der Waals surface area contributed by atoms with E-state index in [1.54, 1.807) is 0 Å². The first-order valence-electron chi connectivity index (χ1n) is 7.60. The van der Waals surface area contributed by atoms with Crippen LogP contribution in [0.3, 0.4) is 0 Å². The maximum absolute atomic E-state index is 6.21. The van der Waals surface area contributed by atoms with Crippen molar-refractivity contribution in [1.82, 2.24) is 0 Å². The molecule has 2 heteroatoms. The van der Waals surface area contributed by atoms with Gasteiger partial charge < -0.3 is 4.74 Å². The Morgan fingerprint density at radius 2 is 2.00 bits per heavy atom. The highest BCUT2D eigenvalue weighted by molar-refractivity contribution is 7.99. The van der Waals surface area contributed by atoms with Gasteiger partial charge in [0.15, 0.2) is 0 Å². The molecule has 0 amide bonds. The summed E-state index contributed by atoms with van der Waals surface area (Å²) in [7, 11) is 0. The third-order valence-electron chi connectivity index (χ3n) is 4.03. The molecule has 1 heterocycles. The van der Waals surface area contributed by atoms with Crippen LogP contribution in [-0.2, 0) is 0 Å². The standard InChI is InChI=1S/C19H22OS/c1-13(2)16-9-8-14(3)10-18(16)20-11-15-12-21-19-7-5-4-6-17(15)19/h4-10,13,15H,11-12H2,1-3H3. The molecule has 0 aliphatic carbocycles. The zero-order chi connectivity index (χ0) is 14.8. The van der Waals surface area contributed by atoms with Crippen LogP contribution in [0.4, 0.5) is 0 Å². The van der Waals surface area contributed by atoms with Gasteiger partial charge in [0.1, 0.15) is 5.75 Å². The monoisotopic (exact) mass is 298 g/mol. The summed E-state index contributed by atoms with van der Waals surface area (Å²) in [4.78, 5) is 1.42. The van der Waals surface area contributed by atoms with Crippen molar-refractivity contribution in [1.29, 1.82) is 0 Å². The van der Waals surface area contributed by atoms with Crippen molar-refractivity contribution in [3.05, 3.63) is 59.2 Å². The normalized spacial score (nSPS) is 17.0. The van der Waals surface area contributed by atoms with Crippen molar-refractivity contribution in [3.63, 3.8) is 0 Å². The maximum atomic E-state index is 6.21. The van der Waals surface area contributed by atoms with Crippen LogP contribution in [-0.4, -0.2) is 12.4 Å². The van der Waals surface area contributed by atoms with E-state index in [-0.39, 0.29) is 0 Å². The van der Waals surface area contributed by atoms with E-state index in [1.165, 1.54) is 21.6 Å². The molecule has 0 radical (unpaired) electrons. The SMILES string of the molecule is Cc1ccc(C(C)C)c(OCC2CSc3ccccc32)c1. The molecule has 2 aromatic rings. The topological polar surface area (TPSA) is 9.23 Å². The van der Waals surface area contributed by atoms with E-state index in [0.717, 1.165) is 18.1 Å². The third kappa shape index (κ3) is 3.11. The second-order valence-corrected chi connectivity index (χ2v) is 7.11. The Labute approximate surface area is 131 Å². The number of thioether (sulfide) groups is 1. The second kappa shape index (κ2) is 6.15. The Bertz CT molecular complexity index is 633. The first kappa shape index (κ1) is 14.5. The molecule has 21 heavy (non-hydrogen) atoms. The van der Waals surface area contributed by atoms with E-state index < -0.39 is 0 Å². The number of fused-ring (bicyclic) bond motifs is 1. The van der Waals surface area contributed by atoms with Gasteiger partial charge in [0.25, 0.3) is 0 Å². The van der Waals surface area contributed by atoms with Gasteiger partial charge in [-0.3, -0.25) is 0 Å². The van der Waals surface area contributed by atoms with E-state index in [4.69, 9.17) is 4.74 Å². The molecule has 0 saturated heterocycles. The lowest BCUT2D eigenvalue weighted by molar-refractivity contribution is 0.294. The molecular weight excluding hydrogens is 276 g/mol. The average molecular weight is 298 g/mol. The highest BCUT2D eigenvalue weighted by Gasteiger charge is 2.23. The van der Waals surface area contributed by atoms with Crippen LogP contribution in [0.25, 0.3) is 0 Å². The summed E-state index contributed by atoms with van der Waals surface area (Å²) in [6.07, 6.45) is 0. The minimum absolute atomic E-state index is 0.492. The molecule has 0 spiro atoms. The first-order chi connectivity index (χ1) is 10.1. The molecule has 3 rings (SSSR count). The lowest BCUT2D eigenvalue weighted by atomic mass is 10.00. The van der Waals surface area contributed by atoms with Gasteiger partial charge in [-0.25, -0.2) is 0 Å². The van der Waals surface area contributed by atoms with Gasteiger partial charge >= 0.3 is 0 Å². The van der Waals surface area contributed by atoms with Crippen LogP contribution >= 0.6 is 11.8 Å². The Morgan fingerprint density at radius 3 is 2.81 bits per heavy atom. The number of aryl methyl sites for hydroxylation is 1. The van der Waals surface area contributed by atoms with Gasteiger partial charge in [0.05, 0.1) is 6.61 Å². The zero-order valence-corrected chi connectivity index (χ0v) is 13.7. The minimum Gasteiger partial charge on any atom is -0.493 e. The van der Waals surface area contributed by atoms with E-state index in [0.29, 0.717) is 11.8 Å². The highest BCUT2D eigenvalue weighted by Crippen LogP contribution is 2.39. The van der Waals surface area contributed by atoms with Gasteiger partial charge in [0, 0.05) is 16.6 Å². The zero-order valence-electron chi connectivity index (χ0n) is 12.9. The van der Waals surface area contributed by atoms with Crippen molar-refractivity contribution in [2.75, 3.05) is 12.4 Å². The molecule has 0 bridgehead atoms. The van der Waals surface area contributed by atoms with E-state index in [9.17, 15) is 0 Å². The highest BCUT2D eigenvalue weighted by atomic mass is 32.2. The molecule has 1 aliphatic heterocycles. The number of hydrogen-bond acceptors (Lipinski definition) is 2. The van der Waals surface area contributed by atoms with Crippen LogP contribution in [0, 0.1) is 6.92 Å². The quantitative estimate of drug-likeness (QED) is 0.748. The van der Waals surface area contributed by atoms with Crippen molar-refractivity contribution in [2.45, 2.75) is 37.5 Å². The van der Waals surface area contributed by atoms with Crippen LogP contribution in [0.5, 0.6) is 5.75 Å². The molecule has 110 valence electrons. The molecule has 0 saturated carbocycles. The second-order valence-electron chi connectivity index (χ2n) is 6.05. The fourth-order valence-corrected chi connectivity index (χ4v) is 4.03. The average Bonchev–Trinajstić information content (AvgIpc) is 2.88. The van der Waals surface area contributed by atoms with E-state index in [1.807, 2.05) is 11.8 Å². The molecule has 0 N–H and O–H groups in total. The van der Waals surface area contributed by atoms with Gasteiger partial charge in [-0.15, -0.1) is 11.8 Å². The van der Waals surface area contributed by atoms with Gasteiger partial charge in [-0.05, 0) is 41.7 Å². The Morgan fingerprint density at radius 1 is 1.19 bits per heavy atom. The molecule has 0 aromatic heterocycles. The summed E-state index contributed by atoms with van der Waals surface area (Å²) >= 11 is 1.94. The minimum atomic E-state index is 0.492.